The number of nitro benzene ring substituents is 1. The van der Waals surface area contributed by atoms with Gasteiger partial charge in [-0.05, 0) is 23.8 Å². The van der Waals surface area contributed by atoms with Crippen molar-refractivity contribution in [3.63, 3.8) is 0 Å². The van der Waals surface area contributed by atoms with Crippen LogP contribution in [0.4, 0.5) is 15.8 Å². The van der Waals surface area contributed by atoms with Crippen molar-refractivity contribution < 1.29 is 18.8 Å². The molecule has 27 heavy (non-hydrogen) atoms. The van der Waals surface area contributed by atoms with Crippen molar-refractivity contribution >= 4 is 17.3 Å². The summed E-state index contributed by atoms with van der Waals surface area (Å²) in [5, 5.41) is 25.2. The Morgan fingerprint density at radius 1 is 1.33 bits per heavy atom. The topological polar surface area (TPSA) is 117 Å². The van der Waals surface area contributed by atoms with Gasteiger partial charge >= 0.3 is 0 Å². The Morgan fingerprint density at radius 2 is 2.04 bits per heavy atom. The molecule has 0 saturated carbocycles. The molecule has 0 spiro atoms. The Labute approximate surface area is 154 Å². The maximum absolute atomic E-state index is 12.9. The number of nitro groups is 1. The molecule has 2 aromatic carbocycles. The van der Waals surface area contributed by atoms with Crippen molar-refractivity contribution in [2.75, 3.05) is 12.4 Å². The van der Waals surface area contributed by atoms with E-state index >= 15 is 0 Å². The maximum Gasteiger partial charge on any atom is 0.273 e. The summed E-state index contributed by atoms with van der Waals surface area (Å²) in [6, 6.07) is 11.2. The lowest BCUT2D eigenvalue weighted by Gasteiger charge is -2.09. The Bertz CT molecular complexity index is 920. The number of hydrogen-bond donors (Lipinski definition) is 2. The molecule has 8 nitrogen and oxygen atoms in total. The number of nitrogens with zero attached hydrogens (tertiary/aromatic N) is 2. The zero-order chi connectivity index (χ0) is 19.8. The van der Waals surface area contributed by atoms with Gasteiger partial charge in [-0.25, -0.2) is 4.39 Å². The highest BCUT2D eigenvalue weighted by Gasteiger charge is 2.15. The lowest BCUT2D eigenvalue weighted by atomic mass is 10.2. The van der Waals surface area contributed by atoms with Crippen LogP contribution in [0, 0.1) is 27.3 Å². The predicted octanol–water partition coefficient (Wildman–Crippen LogP) is 2.88. The van der Waals surface area contributed by atoms with Crippen molar-refractivity contribution in [2.45, 2.75) is 6.54 Å². The molecule has 2 rings (SSSR count). The molecule has 0 unspecified atom stereocenters. The summed E-state index contributed by atoms with van der Waals surface area (Å²) in [7, 11) is 1.31. The number of amides is 1. The number of non-ortho nitro benzene ring substituents is 1. The van der Waals surface area contributed by atoms with Crippen LogP contribution in [0.25, 0.3) is 0 Å². The number of ether oxygens (including phenoxy) is 1. The number of halogens is 1. The van der Waals surface area contributed by atoms with Crippen LogP contribution in [-0.4, -0.2) is 17.9 Å². The lowest BCUT2D eigenvalue weighted by Crippen LogP contribution is -2.17. The second-order valence-corrected chi connectivity index (χ2v) is 5.27. The van der Waals surface area contributed by atoms with Crippen LogP contribution in [0.1, 0.15) is 5.56 Å². The van der Waals surface area contributed by atoms with Crippen LogP contribution < -0.4 is 15.4 Å². The van der Waals surface area contributed by atoms with Crippen LogP contribution in [0.3, 0.4) is 0 Å². The number of carbonyl (C=O) groups is 1. The van der Waals surface area contributed by atoms with Crippen LogP contribution >= 0.6 is 0 Å². The van der Waals surface area contributed by atoms with E-state index in [4.69, 9.17) is 10.00 Å². The number of methoxy groups -OCH3 is 1. The van der Waals surface area contributed by atoms with E-state index in [1.165, 1.54) is 37.6 Å². The highest BCUT2D eigenvalue weighted by atomic mass is 19.1. The molecule has 0 heterocycles. The molecule has 2 aromatic rings. The third kappa shape index (κ3) is 5.27. The van der Waals surface area contributed by atoms with E-state index in [0.29, 0.717) is 6.54 Å². The molecule has 0 aliphatic carbocycles. The molecular weight excluding hydrogens is 355 g/mol. The summed E-state index contributed by atoms with van der Waals surface area (Å²) in [5.41, 5.74) is 0.551. The average molecular weight is 370 g/mol. The minimum Gasteiger partial charge on any atom is -0.494 e. The van der Waals surface area contributed by atoms with Crippen LogP contribution in [0.2, 0.25) is 0 Å². The van der Waals surface area contributed by atoms with Gasteiger partial charge in [-0.1, -0.05) is 12.1 Å². The SMILES string of the molecule is COc1cc([N+](=O)[O-])ccc1NC(=O)/C(C#N)=C\NCc1ccc(F)cc1. The second-order valence-electron chi connectivity index (χ2n) is 5.27. The fourth-order valence-electron chi connectivity index (χ4n) is 2.11. The van der Waals surface area contributed by atoms with Gasteiger partial charge in [0, 0.05) is 18.8 Å². The zero-order valence-corrected chi connectivity index (χ0v) is 14.2. The number of benzene rings is 2. The van der Waals surface area contributed by atoms with E-state index < -0.39 is 10.8 Å². The van der Waals surface area contributed by atoms with Crippen LogP contribution in [0.15, 0.2) is 54.2 Å². The molecule has 9 heteroatoms. The number of anilines is 1. The third-order valence-electron chi connectivity index (χ3n) is 3.48. The summed E-state index contributed by atoms with van der Waals surface area (Å²) in [6.45, 7) is 0.291. The Kier molecular flexibility index (Phi) is 6.44. The first kappa shape index (κ1) is 19.4. The third-order valence-corrected chi connectivity index (χ3v) is 3.48. The number of nitriles is 1. The van der Waals surface area contributed by atoms with Gasteiger partial charge in [0.05, 0.1) is 23.8 Å². The second kappa shape index (κ2) is 8.96. The predicted molar refractivity (Wildman–Crippen MR) is 95.2 cm³/mol. The molecule has 1 amide bonds. The molecule has 0 fully saturated rings. The van der Waals surface area contributed by atoms with Crippen molar-refractivity contribution in [2.24, 2.45) is 0 Å². The van der Waals surface area contributed by atoms with Gasteiger partial charge in [-0.2, -0.15) is 5.26 Å². The van der Waals surface area contributed by atoms with Gasteiger partial charge in [-0.3, -0.25) is 14.9 Å². The Hall–Kier alpha value is -3.93. The first-order chi connectivity index (χ1) is 12.9. The lowest BCUT2D eigenvalue weighted by molar-refractivity contribution is -0.384. The van der Waals surface area contributed by atoms with Crippen molar-refractivity contribution in [3.05, 3.63) is 75.7 Å². The zero-order valence-electron chi connectivity index (χ0n) is 14.2. The van der Waals surface area contributed by atoms with Crippen LogP contribution in [0.5, 0.6) is 5.75 Å². The van der Waals surface area contributed by atoms with Gasteiger partial charge in [0.25, 0.3) is 11.6 Å². The molecule has 0 aliphatic rings. The van der Waals surface area contributed by atoms with Crippen molar-refractivity contribution in [1.82, 2.24) is 5.32 Å². The molecule has 0 saturated heterocycles. The first-order valence-electron chi connectivity index (χ1n) is 7.66. The molecule has 0 aliphatic heterocycles. The van der Waals surface area contributed by atoms with Gasteiger partial charge in [0.15, 0.2) is 0 Å². The Morgan fingerprint density at radius 3 is 2.63 bits per heavy atom. The molecule has 0 bridgehead atoms. The summed E-state index contributed by atoms with van der Waals surface area (Å²) < 4.78 is 17.9. The highest BCUT2D eigenvalue weighted by molar-refractivity contribution is 6.07. The van der Waals surface area contributed by atoms with Gasteiger partial charge < -0.3 is 15.4 Å². The van der Waals surface area contributed by atoms with E-state index in [2.05, 4.69) is 10.6 Å². The fourth-order valence-corrected chi connectivity index (χ4v) is 2.11. The summed E-state index contributed by atoms with van der Waals surface area (Å²) >= 11 is 0. The summed E-state index contributed by atoms with van der Waals surface area (Å²) in [4.78, 5) is 22.4. The molecule has 0 radical (unpaired) electrons. The van der Waals surface area contributed by atoms with E-state index in [0.717, 1.165) is 11.6 Å². The van der Waals surface area contributed by atoms with E-state index in [-0.39, 0.29) is 28.5 Å². The number of nitrogens with one attached hydrogen (secondary N) is 2. The molecule has 0 atom stereocenters. The van der Waals surface area contributed by atoms with E-state index in [9.17, 15) is 19.3 Å². The molecular formula is C18H15FN4O4. The minimum absolute atomic E-state index is 0.0918. The summed E-state index contributed by atoms with van der Waals surface area (Å²) in [6.07, 6.45) is 1.23. The number of hydrogen-bond acceptors (Lipinski definition) is 6. The highest BCUT2D eigenvalue weighted by Crippen LogP contribution is 2.29. The largest absolute Gasteiger partial charge is 0.494 e. The van der Waals surface area contributed by atoms with E-state index in [1.54, 1.807) is 18.2 Å². The quantitative estimate of drug-likeness (QED) is 0.335. The van der Waals surface area contributed by atoms with Gasteiger partial charge in [0.2, 0.25) is 0 Å². The Balaban J connectivity index is 2.07. The van der Waals surface area contributed by atoms with Crippen molar-refractivity contribution in [1.29, 1.82) is 5.26 Å². The van der Waals surface area contributed by atoms with Crippen LogP contribution in [-0.2, 0) is 11.3 Å². The number of carbonyl (C=O) groups excluding carboxylic acids is 1. The fraction of sp³-hybridized carbons (Fsp3) is 0.111. The monoisotopic (exact) mass is 370 g/mol. The van der Waals surface area contributed by atoms with Gasteiger partial charge in [0.1, 0.15) is 23.2 Å². The molecule has 0 aromatic heterocycles. The first-order valence-corrected chi connectivity index (χ1v) is 7.66. The summed E-state index contributed by atoms with van der Waals surface area (Å²) in [5.74, 6) is -0.978. The smallest absolute Gasteiger partial charge is 0.273 e. The standard InChI is InChI=1S/C18H15FN4O4/c1-27-17-8-15(23(25)26)6-7-16(17)22-18(24)13(9-20)11-21-10-12-2-4-14(19)5-3-12/h2-8,11,21H,10H2,1H3,(H,22,24)/b13-11-. The van der Waals surface area contributed by atoms with Gasteiger partial charge in [-0.15, -0.1) is 0 Å². The molecule has 138 valence electrons. The normalized spacial score (nSPS) is 10.6. The average Bonchev–Trinajstić information content (AvgIpc) is 2.66. The maximum atomic E-state index is 12.9. The minimum atomic E-state index is -0.712. The van der Waals surface area contributed by atoms with E-state index in [1.807, 2.05) is 0 Å². The molecule has 2 N–H and O–H groups in total. The number of rotatable bonds is 7. The van der Waals surface area contributed by atoms with Crippen molar-refractivity contribution in [3.8, 4) is 11.8 Å².